The summed E-state index contributed by atoms with van der Waals surface area (Å²) in [7, 11) is 6.71. The topological polar surface area (TPSA) is 159 Å². The van der Waals surface area contributed by atoms with Gasteiger partial charge in [0.1, 0.15) is 0 Å². The third-order valence-corrected chi connectivity index (χ3v) is 3.94. The maximum atomic E-state index is 12.7. The van der Waals surface area contributed by atoms with Gasteiger partial charge in [-0.2, -0.15) is 9.78 Å². The van der Waals surface area contributed by atoms with E-state index in [1.807, 2.05) is 19.0 Å². The largest absolute Gasteiger partial charge is 0.493 e. The molecule has 0 radical (unpaired) electrons. The second kappa shape index (κ2) is 9.00. The Morgan fingerprint density at radius 3 is 2.77 bits per heavy atom. The zero-order valence-corrected chi connectivity index (χ0v) is 16.9. The Bertz CT molecular complexity index is 1060. The molecule has 3 aromatic rings. The smallest absolute Gasteiger partial charge is 0.293 e. The van der Waals surface area contributed by atoms with Crippen LogP contribution in [0.5, 0.6) is 11.5 Å². The van der Waals surface area contributed by atoms with Gasteiger partial charge in [0.2, 0.25) is 11.6 Å². The molecule has 0 aliphatic carbocycles. The Morgan fingerprint density at radius 2 is 2.13 bits per heavy atom. The van der Waals surface area contributed by atoms with Gasteiger partial charge in [0.25, 0.3) is 5.91 Å². The zero-order chi connectivity index (χ0) is 21.7. The van der Waals surface area contributed by atoms with E-state index in [4.69, 9.17) is 15.2 Å². The Hall–Kier alpha value is -4.00. The zero-order valence-electron chi connectivity index (χ0n) is 16.9. The lowest BCUT2D eigenvalue weighted by Crippen LogP contribution is -2.23. The number of nitrogens with two attached hydrogens (primary N) is 1. The number of anilines is 1. The predicted octanol–water partition coefficient (Wildman–Crippen LogP) is 0.0752. The Kier molecular flexibility index (Phi) is 6.22. The standard InChI is InChI=1S/C17H21N9O4/c1-25(2)9-11-13(20-24-26(11)16-15(18)22-30-23-16)17(27)21-19-8-10-6-5-7-12(28-3)14(10)29-4/h5-8H,9H2,1-4H3,(H2,18,22)(H,21,27). The van der Waals surface area contributed by atoms with Gasteiger partial charge in [0.05, 0.1) is 26.1 Å². The minimum absolute atomic E-state index is 0.0232. The lowest BCUT2D eigenvalue weighted by Gasteiger charge is -2.11. The van der Waals surface area contributed by atoms with E-state index in [1.165, 1.54) is 25.1 Å². The number of nitrogens with zero attached hydrogens (tertiary/aromatic N) is 7. The van der Waals surface area contributed by atoms with Crippen molar-refractivity contribution in [2.45, 2.75) is 6.54 Å². The van der Waals surface area contributed by atoms with Crippen molar-refractivity contribution in [3.63, 3.8) is 0 Å². The van der Waals surface area contributed by atoms with Gasteiger partial charge in [-0.3, -0.25) is 4.79 Å². The number of hydrogen-bond acceptors (Lipinski definition) is 11. The molecule has 0 aliphatic rings. The first-order valence-electron chi connectivity index (χ1n) is 8.68. The molecule has 2 aromatic heterocycles. The quantitative estimate of drug-likeness (QED) is 0.381. The summed E-state index contributed by atoms with van der Waals surface area (Å²) in [5, 5.41) is 19.1. The number of carbonyl (C=O) groups is 1. The van der Waals surface area contributed by atoms with Gasteiger partial charge >= 0.3 is 0 Å². The van der Waals surface area contributed by atoms with E-state index in [-0.39, 0.29) is 17.3 Å². The van der Waals surface area contributed by atoms with E-state index in [0.717, 1.165) is 0 Å². The van der Waals surface area contributed by atoms with Gasteiger partial charge in [-0.15, -0.1) is 5.10 Å². The van der Waals surface area contributed by atoms with Crippen molar-refractivity contribution >= 4 is 17.9 Å². The molecule has 1 amide bonds. The molecule has 0 unspecified atom stereocenters. The van der Waals surface area contributed by atoms with Gasteiger partial charge in [-0.05, 0) is 36.5 Å². The van der Waals surface area contributed by atoms with Crippen LogP contribution in [0.15, 0.2) is 27.9 Å². The number of benzene rings is 1. The molecule has 1 aromatic carbocycles. The molecule has 2 heterocycles. The number of rotatable bonds is 8. The van der Waals surface area contributed by atoms with Crippen molar-refractivity contribution in [3.05, 3.63) is 35.2 Å². The minimum atomic E-state index is -0.564. The van der Waals surface area contributed by atoms with Gasteiger partial charge in [-0.1, -0.05) is 11.3 Å². The minimum Gasteiger partial charge on any atom is -0.493 e. The monoisotopic (exact) mass is 415 g/mol. The van der Waals surface area contributed by atoms with Crippen molar-refractivity contribution < 1.29 is 18.9 Å². The summed E-state index contributed by atoms with van der Waals surface area (Å²) in [6.45, 7) is 0.329. The average Bonchev–Trinajstić information content (AvgIpc) is 3.32. The van der Waals surface area contributed by atoms with Crippen LogP contribution in [0.2, 0.25) is 0 Å². The predicted molar refractivity (Wildman–Crippen MR) is 106 cm³/mol. The summed E-state index contributed by atoms with van der Waals surface area (Å²) < 4.78 is 16.5. The number of para-hydroxylation sites is 1. The van der Waals surface area contributed by atoms with Crippen LogP contribution >= 0.6 is 0 Å². The fraction of sp³-hybridized carbons (Fsp3) is 0.294. The summed E-state index contributed by atoms with van der Waals surface area (Å²) in [5.41, 5.74) is 9.29. The van der Waals surface area contributed by atoms with Crippen LogP contribution in [0.1, 0.15) is 21.7 Å². The normalized spacial score (nSPS) is 11.2. The van der Waals surface area contributed by atoms with Crippen LogP contribution in [0.25, 0.3) is 5.82 Å². The number of carbonyl (C=O) groups excluding carboxylic acids is 1. The Labute approximate surface area is 171 Å². The van der Waals surface area contributed by atoms with E-state index < -0.39 is 5.91 Å². The van der Waals surface area contributed by atoms with Crippen molar-refractivity contribution in [1.82, 2.24) is 35.6 Å². The van der Waals surface area contributed by atoms with Crippen molar-refractivity contribution in [1.29, 1.82) is 0 Å². The molecule has 13 heteroatoms. The SMILES string of the molecule is COc1cccc(C=NNC(=O)c2nnn(-c3nonc3N)c2CN(C)C)c1OC. The third kappa shape index (κ3) is 4.20. The number of ether oxygens (including phenoxy) is 2. The van der Waals surface area contributed by atoms with Crippen LogP contribution in [0, 0.1) is 0 Å². The molecule has 13 nitrogen and oxygen atoms in total. The highest BCUT2D eigenvalue weighted by atomic mass is 16.6. The number of hydrazone groups is 1. The number of aromatic nitrogens is 5. The van der Waals surface area contributed by atoms with E-state index in [9.17, 15) is 4.79 Å². The van der Waals surface area contributed by atoms with Crippen molar-refractivity contribution in [2.24, 2.45) is 5.10 Å². The second-order valence-electron chi connectivity index (χ2n) is 6.29. The molecule has 0 aliphatic heterocycles. The number of nitrogen functional groups attached to an aromatic ring is 1. The number of nitrogens with one attached hydrogen (secondary N) is 1. The van der Waals surface area contributed by atoms with Crippen molar-refractivity contribution in [3.8, 4) is 17.3 Å². The molecule has 0 atom stereocenters. The molecule has 0 fully saturated rings. The number of amides is 1. The van der Waals surface area contributed by atoms with Gasteiger partial charge in [0.15, 0.2) is 17.2 Å². The van der Waals surface area contributed by atoms with Crippen molar-refractivity contribution in [2.75, 3.05) is 34.0 Å². The highest BCUT2D eigenvalue weighted by Gasteiger charge is 2.24. The van der Waals surface area contributed by atoms with Crippen LogP contribution in [0.3, 0.4) is 0 Å². The Morgan fingerprint density at radius 1 is 1.33 bits per heavy atom. The molecule has 158 valence electrons. The van der Waals surface area contributed by atoms with Crippen LogP contribution in [-0.4, -0.2) is 70.6 Å². The highest BCUT2D eigenvalue weighted by Crippen LogP contribution is 2.29. The maximum Gasteiger partial charge on any atom is 0.293 e. The van der Waals surface area contributed by atoms with Gasteiger partial charge < -0.3 is 20.1 Å². The maximum absolute atomic E-state index is 12.7. The first-order valence-corrected chi connectivity index (χ1v) is 8.68. The molecule has 0 spiro atoms. The van der Waals surface area contributed by atoms with E-state index in [0.29, 0.717) is 29.3 Å². The summed E-state index contributed by atoms with van der Waals surface area (Å²) in [6.07, 6.45) is 1.44. The van der Waals surface area contributed by atoms with Gasteiger partial charge in [-0.25, -0.2) is 10.1 Å². The molecular weight excluding hydrogens is 394 g/mol. The van der Waals surface area contributed by atoms with Crippen LogP contribution in [0.4, 0.5) is 5.82 Å². The third-order valence-electron chi connectivity index (χ3n) is 3.94. The molecular formula is C17H21N9O4. The van der Waals surface area contributed by atoms with E-state index in [2.05, 4.69) is 35.8 Å². The molecule has 30 heavy (non-hydrogen) atoms. The van der Waals surface area contributed by atoms with Crippen LogP contribution < -0.4 is 20.6 Å². The first kappa shape index (κ1) is 20.7. The average molecular weight is 415 g/mol. The lowest BCUT2D eigenvalue weighted by molar-refractivity contribution is 0.0948. The highest BCUT2D eigenvalue weighted by molar-refractivity contribution is 5.94. The summed E-state index contributed by atoms with van der Waals surface area (Å²) >= 11 is 0. The molecule has 3 N–H and O–H groups in total. The Balaban J connectivity index is 1.85. The summed E-state index contributed by atoms with van der Waals surface area (Å²) in [5.74, 6) is 0.637. The molecule has 0 saturated carbocycles. The van der Waals surface area contributed by atoms with Crippen LogP contribution in [-0.2, 0) is 6.54 Å². The van der Waals surface area contributed by atoms with Gasteiger partial charge in [0, 0.05) is 12.1 Å². The summed E-state index contributed by atoms with van der Waals surface area (Å²) in [6, 6.07) is 5.30. The van der Waals surface area contributed by atoms with E-state index >= 15 is 0 Å². The fourth-order valence-corrected chi connectivity index (χ4v) is 2.65. The molecule has 0 bridgehead atoms. The number of hydrogen-bond donors (Lipinski definition) is 2. The van der Waals surface area contributed by atoms with E-state index in [1.54, 1.807) is 18.2 Å². The second-order valence-corrected chi connectivity index (χ2v) is 6.29. The summed E-state index contributed by atoms with van der Waals surface area (Å²) in [4.78, 5) is 14.5. The lowest BCUT2D eigenvalue weighted by atomic mass is 10.2. The number of methoxy groups -OCH3 is 2. The molecule has 3 rings (SSSR count). The first-order chi connectivity index (χ1) is 14.5. The molecule has 0 saturated heterocycles. The fourth-order valence-electron chi connectivity index (χ4n) is 2.65.